The molecule has 2 rings (SSSR count). The van der Waals surface area contributed by atoms with Gasteiger partial charge in [-0.3, -0.25) is 0 Å². The number of hydrogen-bond donors (Lipinski definition) is 0. The van der Waals surface area contributed by atoms with Crippen LogP contribution in [0.2, 0.25) is 0 Å². The number of hydrogen-bond acceptors (Lipinski definition) is 1. The predicted octanol–water partition coefficient (Wildman–Crippen LogP) is 6.28. The molecule has 0 spiro atoms. The van der Waals surface area contributed by atoms with E-state index in [9.17, 15) is 0 Å². The highest BCUT2D eigenvalue weighted by molar-refractivity contribution is 5.83. The molecule has 122 valence electrons. The Morgan fingerprint density at radius 1 is 0.960 bits per heavy atom. The summed E-state index contributed by atoms with van der Waals surface area (Å²) in [6.45, 7) is 5.85. The Kier molecular flexibility index (Phi) is 6.97. The Morgan fingerprint density at radius 3 is 2.36 bits per heavy atom. The molecule has 0 aromatic heterocycles. The van der Waals surface area contributed by atoms with Gasteiger partial charge in [0.1, 0.15) is 0 Å². The van der Waals surface area contributed by atoms with Crippen LogP contribution in [0.5, 0.6) is 0 Å². The molecule has 0 fully saturated rings. The van der Waals surface area contributed by atoms with Crippen molar-refractivity contribution in [1.82, 2.24) is 0 Å². The highest BCUT2D eigenvalue weighted by Crippen LogP contribution is 2.26. The zero-order chi connectivity index (χ0) is 17.9. The minimum Gasteiger partial charge on any atom is -0.193 e. The zero-order valence-corrected chi connectivity index (χ0v) is 14.4. The van der Waals surface area contributed by atoms with Crippen molar-refractivity contribution in [1.29, 1.82) is 5.26 Å². The zero-order valence-electron chi connectivity index (χ0n) is 14.4. The molecule has 0 aliphatic carbocycles. The number of benzene rings is 2. The smallest absolute Gasteiger partial charge is 0.0912 e. The Balaban J connectivity index is 2.61. The summed E-state index contributed by atoms with van der Waals surface area (Å²) >= 11 is 0. The van der Waals surface area contributed by atoms with Crippen LogP contribution in [0.1, 0.15) is 16.7 Å². The molecule has 0 aliphatic heterocycles. The van der Waals surface area contributed by atoms with Gasteiger partial charge in [0.25, 0.3) is 0 Å². The van der Waals surface area contributed by atoms with Crippen LogP contribution in [0.15, 0.2) is 103 Å². The van der Waals surface area contributed by atoms with E-state index in [4.69, 9.17) is 5.26 Å². The monoisotopic (exact) mass is 323 g/mol. The summed E-state index contributed by atoms with van der Waals surface area (Å²) in [5.41, 5.74) is 5.45. The normalized spacial score (nSPS) is 12.5. The molecule has 1 nitrogen and oxygen atoms in total. The molecule has 2 aromatic rings. The maximum atomic E-state index is 8.97. The van der Waals surface area contributed by atoms with Crippen molar-refractivity contribution in [2.24, 2.45) is 0 Å². The molecular weight excluding hydrogens is 302 g/mol. The standard InChI is InChI=1S/C24H21N/c1-3-4-15-24(23-16-9-8-11-20(23)2)22(14-10-19-25)18-17-21-12-6-5-7-13-21/h3-18H,1H2,2H3. The summed E-state index contributed by atoms with van der Waals surface area (Å²) < 4.78 is 0. The van der Waals surface area contributed by atoms with Gasteiger partial charge in [-0.1, -0.05) is 91.6 Å². The van der Waals surface area contributed by atoms with Crippen molar-refractivity contribution in [2.75, 3.05) is 0 Å². The lowest BCUT2D eigenvalue weighted by Gasteiger charge is -2.10. The van der Waals surface area contributed by atoms with Gasteiger partial charge in [-0.25, -0.2) is 0 Å². The maximum Gasteiger partial charge on any atom is 0.0912 e. The van der Waals surface area contributed by atoms with Crippen molar-refractivity contribution in [3.8, 4) is 6.07 Å². The number of nitrogens with zero attached hydrogens (tertiary/aromatic N) is 1. The van der Waals surface area contributed by atoms with Gasteiger partial charge in [-0.05, 0) is 40.8 Å². The fourth-order valence-corrected chi connectivity index (χ4v) is 2.49. The lowest BCUT2D eigenvalue weighted by atomic mass is 9.94. The lowest BCUT2D eigenvalue weighted by molar-refractivity contribution is 1.42. The van der Waals surface area contributed by atoms with Crippen molar-refractivity contribution < 1.29 is 0 Å². The van der Waals surface area contributed by atoms with E-state index in [2.05, 4.69) is 49.9 Å². The summed E-state index contributed by atoms with van der Waals surface area (Å²) in [5.74, 6) is 0. The van der Waals surface area contributed by atoms with Gasteiger partial charge in [-0.15, -0.1) is 0 Å². The number of nitriles is 1. The van der Waals surface area contributed by atoms with Gasteiger partial charge >= 0.3 is 0 Å². The fourth-order valence-electron chi connectivity index (χ4n) is 2.49. The van der Waals surface area contributed by atoms with Crippen LogP contribution < -0.4 is 0 Å². The van der Waals surface area contributed by atoms with Crippen molar-refractivity contribution in [3.63, 3.8) is 0 Å². The van der Waals surface area contributed by atoms with Gasteiger partial charge in [0.15, 0.2) is 0 Å². The summed E-state index contributed by atoms with van der Waals surface area (Å²) in [7, 11) is 0. The third-order valence-corrected chi connectivity index (χ3v) is 3.74. The molecule has 0 unspecified atom stereocenters. The van der Waals surface area contributed by atoms with E-state index < -0.39 is 0 Å². The Hall–Kier alpha value is -3.37. The van der Waals surface area contributed by atoms with Crippen LogP contribution in [0.25, 0.3) is 11.6 Å². The van der Waals surface area contributed by atoms with Gasteiger partial charge in [-0.2, -0.15) is 5.26 Å². The Labute approximate surface area is 150 Å². The number of rotatable bonds is 6. The summed E-state index contributed by atoms with van der Waals surface area (Å²) in [6.07, 6.45) is 13.1. The Bertz CT molecular complexity index is 872. The van der Waals surface area contributed by atoms with Gasteiger partial charge in [0.05, 0.1) is 6.07 Å². The van der Waals surface area contributed by atoms with E-state index in [1.165, 1.54) is 11.6 Å². The molecule has 0 heterocycles. The molecule has 0 aliphatic rings. The molecule has 2 aromatic carbocycles. The Morgan fingerprint density at radius 2 is 1.68 bits per heavy atom. The molecule has 1 heteroatoms. The average molecular weight is 323 g/mol. The largest absolute Gasteiger partial charge is 0.193 e. The van der Waals surface area contributed by atoms with Gasteiger partial charge in [0.2, 0.25) is 0 Å². The van der Waals surface area contributed by atoms with E-state index in [0.29, 0.717) is 0 Å². The highest BCUT2D eigenvalue weighted by atomic mass is 14.2. The fraction of sp³-hybridized carbons (Fsp3) is 0.0417. The third-order valence-electron chi connectivity index (χ3n) is 3.74. The first-order chi connectivity index (χ1) is 12.3. The second-order valence-corrected chi connectivity index (χ2v) is 5.49. The van der Waals surface area contributed by atoms with E-state index in [1.807, 2.05) is 54.6 Å². The predicted molar refractivity (Wildman–Crippen MR) is 108 cm³/mol. The van der Waals surface area contributed by atoms with Crippen LogP contribution in [-0.2, 0) is 0 Å². The van der Waals surface area contributed by atoms with Crippen LogP contribution in [0.4, 0.5) is 0 Å². The topological polar surface area (TPSA) is 23.8 Å². The molecule has 25 heavy (non-hydrogen) atoms. The number of allylic oxidation sites excluding steroid dienone is 8. The molecule has 0 radical (unpaired) electrons. The van der Waals surface area contributed by atoms with E-state index in [1.54, 1.807) is 6.08 Å². The first-order valence-corrected chi connectivity index (χ1v) is 8.15. The van der Waals surface area contributed by atoms with Gasteiger partial charge in [0, 0.05) is 6.08 Å². The minimum absolute atomic E-state index is 0.970. The van der Waals surface area contributed by atoms with Crippen LogP contribution >= 0.6 is 0 Å². The first kappa shape index (κ1) is 18.0. The summed E-state index contributed by atoms with van der Waals surface area (Å²) in [5, 5.41) is 8.97. The minimum atomic E-state index is 0.970. The second-order valence-electron chi connectivity index (χ2n) is 5.49. The number of aryl methyl sites for hydroxylation is 1. The van der Waals surface area contributed by atoms with Crippen molar-refractivity contribution >= 4 is 11.6 Å². The summed E-state index contributed by atoms with van der Waals surface area (Å²) in [4.78, 5) is 0. The van der Waals surface area contributed by atoms with Crippen LogP contribution in [0, 0.1) is 18.3 Å². The van der Waals surface area contributed by atoms with Crippen LogP contribution in [0.3, 0.4) is 0 Å². The molecule has 0 saturated carbocycles. The van der Waals surface area contributed by atoms with Gasteiger partial charge < -0.3 is 0 Å². The molecule has 0 bridgehead atoms. The molecule has 0 saturated heterocycles. The molecular formula is C24H21N. The first-order valence-electron chi connectivity index (χ1n) is 8.15. The molecule has 0 amide bonds. The van der Waals surface area contributed by atoms with E-state index in [-0.39, 0.29) is 0 Å². The molecule has 0 atom stereocenters. The van der Waals surface area contributed by atoms with E-state index in [0.717, 1.165) is 22.3 Å². The SMILES string of the molecule is C=CC=CC(=C(C=CC#N)C=Cc1ccccc1)c1ccccc1C. The van der Waals surface area contributed by atoms with Crippen molar-refractivity contribution in [2.45, 2.75) is 6.92 Å². The summed E-state index contributed by atoms with van der Waals surface area (Å²) in [6, 6.07) is 20.4. The van der Waals surface area contributed by atoms with Crippen molar-refractivity contribution in [3.05, 3.63) is 120 Å². The third kappa shape index (κ3) is 5.34. The lowest BCUT2D eigenvalue weighted by Crippen LogP contribution is -1.90. The second kappa shape index (κ2) is 9.70. The van der Waals surface area contributed by atoms with E-state index >= 15 is 0 Å². The quantitative estimate of drug-likeness (QED) is 0.453. The maximum absolute atomic E-state index is 8.97. The average Bonchev–Trinajstić information content (AvgIpc) is 2.65. The highest BCUT2D eigenvalue weighted by Gasteiger charge is 2.05. The molecule has 0 N–H and O–H groups in total. The van der Waals surface area contributed by atoms with Crippen LogP contribution in [-0.4, -0.2) is 0 Å².